The molecule has 0 spiro atoms. The number of rotatable bonds is 5. The molecule has 0 N–H and O–H groups in total. The molecule has 2 aromatic rings. The number of Topliss-reactive ketones (excluding diaryl/α,β-unsaturated/α-hetero) is 1. The summed E-state index contributed by atoms with van der Waals surface area (Å²) < 4.78 is 14.1. The Labute approximate surface area is 128 Å². The molecule has 2 rings (SSSR count). The number of ether oxygens (including phenoxy) is 2. The van der Waals surface area contributed by atoms with E-state index in [-0.39, 0.29) is 22.8 Å². The third kappa shape index (κ3) is 3.60. The Bertz CT molecular complexity index is 596. The van der Waals surface area contributed by atoms with Gasteiger partial charge >= 0.3 is 0 Å². The summed E-state index contributed by atoms with van der Waals surface area (Å²) in [7, 11) is 5.04. The number of methoxy groups -OCH3 is 2. The Morgan fingerprint density at radius 2 is 1.95 bits per heavy atom. The lowest BCUT2D eigenvalue weighted by atomic mass is 10.1. The second-order valence-electron chi connectivity index (χ2n) is 4.24. The lowest BCUT2D eigenvalue weighted by Gasteiger charge is -2.08. The average molecular weight is 341 g/mol. The van der Waals surface area contributed by atoms with Crippen molar-refractivity contribution in [1.29, 1.82) is 0 Å². The van der Waals surface area contributed by atoms with E-state index in [0.717, 1.165) is 0 Å². The third-order valence-electron chi connectivity index (χ3n) is 2.86. The van der Waals surface area contributed by atoms with Gasteiger partial charge in [-0.3, -0.25) is 4.79 Å². The largest absolute Gasteiger partial charge is 1.00 e. The van der Waals surface area contributed by atoms with Crippen LogP contribution in [0.4, 0.5) is 0 Å². The van der Waals surface area contributed by atoms with Gasteiger partial charge in [0.15, 0.2) is 18.0 Å². The third-order valence-corrected chi connectivity index (χ3v) is 2.86. The topological polar surface area (TPSA) is 44.3 Å². The number of carbonyl (C=O) groups is 1. The molecule has 1 aromatic carbocycles. The van der Waals surface area contributed by atoms with Crippen LogP contribution in [-0.4, -0.2) is 24.6 Å². The van der Waals surface area contributed by atoms with Crippen molar-refractivity contribution in [2.75, 3.05) is 14.2 Å². The number of nitrogens with zero attached hydrogens (tertiary/aromatic N) is 2. The maximum absolute atomic E-state index is 12.2. The Morgan fingerprint density at radius 3 is 2.50 bits per heavy atom. The predicted molar refractivity (Wildman–Crippen MR) is 69.5 cm³/mol. The van der Waals surface area contributed by atoms with Crippen LogP contribution in [0.15, 0.2) is 36.9 Å². The van der Waals surface area contributed by atoms with E-state index in [4.69, 9.17) is 9.47 Å². The fourth-order valence-electron chi connectivity index (χ4n) is 1.86. The molecule has 0 radical (unpaired) electrons. The molecule has 0 bridgehead atoms. The number of imidazole rings is 1. The number of ketones is 1. The highest BCUT2D eigenvalue weighted by Crippen LogP contribution is 2.27. The SMILES string of the molecule is COc1ccc(C(=O)Cn2cc[n+](C)c2)cc1OC.[Br-]. The molecule has 108 valence electrons. The average Bonchev–Trinajstić information content (AvgIpc) is 2.83. The summed E-state index contributed by atoms with van der Waals surface area (Å²) in [6.45, 7) is 0.302. The van der Waals surface area contributed by atoms with Gasteiger partial charge in [-0.05, 0) is 18.2 Å². The minimum Gasteiger partial charge on any atom is -1.00 e. The van der Waals surface area contributed by atoms with E-state index < -0.39 is 0 Å². The van der Waals surface area contributed by atoms with E-state index in [9.17, 15) is 4.79 Å². The molecule has 0 aliphatic rings. The van der Waals surface area contributed by atoms with Crippen molar-refractivity contribution in [3.05, 3.63) is 42.5 Å². The van der Waals surface area contributed by atoms with E-state index in [0.29, 0.717) is 23.6 Å². The molecule has 0 aliphatic carbocycles. The highest BCUT2D eigenvalue weighted by Gasteiger charge is 2.13. The molecule has 0 saturated carbocycles. The summed E-state index contributed by atoms with van der Waals surface area (Å²) in [5.74, 6) is 1.20. The number of halogens is 1. The smallest absolute Gasteiger partial charge is 0.243 e. The minimum atomic E-state index is 0. The van der Waals surface area contributed by atoms with Crippen LogP contribution in [0.25, 0.3) is 0 Å². The van der Waals surface area contributed by atoms with Gasteiger partial charge in [-0.2, -0.15) is 0 Å². The van der Waals surface area contributed by atoms with Crippen molar-refractivity contribution in [3.63, 3.8) is 0 Å². The van der Waals surface area contributed by atoms with Gasteiger partial charge < -0.3 is 26.5 Å². The summed E-state index contributed by atoms with van der Waals surface area (Å²) in [5.41, 5.74) is 0.606. The van der Waals surface area contributed by atoms with Crippen molar-refractivity contribution < 1.29 is 35.8 Å². The van der Waals surface area contributed by atoms with Crippen LogP contribution in [0.1, 0.15) is 10.4 Å². The van der Waals surface area contributed by atoms with Crippen molar-refractivity contribution in [1.82, 2.24) is 4.57 Å². The Kier molecular flexibility index (Phi) is 5.76. The van der Waals surface area contributed by atoms with Crippen molar-refractivity contribution in [2.45, 2.75) is 6.54 Å². The highest BCUT2D eigenvalue weighted by atomic mass is 79.9. The number of benzene rings is 1. The fraction of sp³-hybridized carbons (Fsp3) is 0.286. The van der Waals surface area contributed by atoms with Gasteiger partial charge in [0.1, 0.15) is 12.4 Å². The van der Waals surface area contributed by atoms with Gasteiger partial charge in [0.25, 0.3) is 0 Å². The molecule has 0 saturated heterocycles. The second-order valence-corrected chi connectivity index (χ2v) is 4.24. The predicted octanol–water partition coefficient (Wildman–Crippen LogP) is -1.78. The number of carbonyl (C=O) groups excluding carboxylic acids is 1. The highest BCUT2D eigenvalue weighted by molar-refractivity contribution is 5.96. The van der Waals surface area contributed by atoms with E-state index in [2.05, 4.69) is 0 Å². The standard InChI is InChI=1S/C14H17N2O3.BrH/c1-15-6-7-16(10-15)9-12(17)11-4-5-13(18-2)14(8-11)19-3;/h4-8,10H,9H2,1-3H3;1H/q+1;/p-1. The summed E-state index contributed by atoms with van der Waals surface area (Å²) in [4.78, 5) is 12.2. The van der Waals surface area contributed by atoms with E-state index >= 15 is 0 Å². The van der Waals surface area contributed by atoms with E-state index in [1.807, 2.05) is 34.9 Å². The number of hydrogen-bond donors (Lipinski definition) is 0. The Balaban J connectivity index is 0.00000200. The number of aromatic nitrogens is 2. The molecule has 5 nitrogen and oxygen atoms in total. The molecule has 0 aliphatic heterocycles. The van der Waals surface area contributed by atoms with Crippen LogP contribution >= 0.6 is 0 Å². The first kappa shape index (κ1) is 16.2. The minimum absolute atomic E-state index is 0. The molecule has 6 heteroatoms. The zero-order chi connectivity index (χ0) is 13.8. The van der Waals surface area contributed by atoms with Gasteiger partial charge in [0.2, 0.25) is 12.1 Å². The summed E-state index contributed by atoms with van der Waals surface area (Å²) in [6.07, 6.45) is 5.61. The Morgan fingerprint density at radius 1 is 1.25 bits per heavy atom. The molecule has 0 unspecified atom stereocenters. The van der Waals surface area contributed by atoms with Crippen LogP contribution in [0.3, 0.4) is 0 Å². The van der Waals surface area contributed by atoms with Crippen LogP contribution in [-0.2, 0) is 13.6 Å². The van der Waals surface area contributed by atoms with E-state index in [1.165, 1.54) is 0 Å². The first-order chi connectivity index (χ1) is 9.13. The summed E-state index contributed by atoms with van der Waals surface area (Å²) in [6, 6.07) is 5.18. The first-order valence-corrected chi connectivity index (χ1v) is 5.90. The van der Waals surface area contributed by atoms with Gasteiger partial charge in [-0.1, -0.05) is 0 Å². The number of hydrogen-bond acceptors (Lipinski definition) is 3. The van der Waals surface area contributed by atoms with Gasteiger partial charge in [-0.15, -0.1) is 0 Å². The van der Waals surface area contributed by atoms with Gasteiger partial charge in [0, 0.05) is 5.56 Å². The zero-order valence-electron chi connectivity index (χ0n) is 11.7. The maximum Gasteiger partial charge on any atom is 0.243 e. The van der Waals surface area contributed by atoms with Crippen LogP contribution < -0.4 is 31.0 Å². The molecule has 0 fully saturated rings. The normalized spacial score (nSPS) is 9.75. The first-order valence-electron chi connectivity index (χ1n) is 5.90. The Hall–Kier alpha value is -1.82. The van der Waals surface area contributed by atoms with Crippen LogP contribution in [0, 0.1) is 0 Å². The monoisotopic (exact) mass is 340 g/mol. The van der Waals surface area contributed by atoms with Crippen LogP contribution in [0.5, 0.6) is 11.5 Å². The van der Waals surface area contributed by atoms with Gasteiger partial charge in [-0.25, -0.2) is 9.13 Å². The molecule has 20 heavy (non-hydrogen) atoms. The lowest BCUT2D eigenvalue weighted by Crippen LogP contribution is -3.00. The molecular weight excluding hydrogens is 324 g/mol. The summed E-state index contributed by atoms with van der Waals surface area (Å²) in [5, 5.41) is 0. The van der Waals surface area contributed by atoms with Crippen LogP contribution in [0.2, 0.25) is 0 Å². The maximum atomic E-state index is 12.2. The second kappa shape index (κ2) is 7.09. The molecular formula is C14H17BrN2O3. The van der Waals surface area contributed by atoms with Gasteiger partial charge in [0.05, 0.1) is 21.3 Å². The fourth-order valence-corrected chi connectivity index (χ4v) is 1.86. The van der Waals surface area contributed by atoms with Crippen molar-refractivity contribution in [2.24, 2.45) is 7.05 Å². The molecule has 1 heterocycles. The molecule has 1 aromatic heterocycles. The molecule has 0 atom stereocenters. The lowest BCUT2D eigenvalue weighted by molar-refractivity contribution is -0.671. The van der Waals surface area contributed by atoms with Crippen molar-refractivity contribution >= 4 is 5.78 Å². The summed E-state index contributed by atoms with van der Waals surface area (Å²) >= 11 is 0. The molecule has 0 amide bonds. The van der Waals surface area contributed by atoms with E-state index in [1.54, 1.807) is 32.4 Å². The quantitative estimate of drug-likeness (QED) is 0.477. The number of aryl methyl sites for hydroxylation is 1. The van der Waals surface area contributed by atoms with Crippen molar-refractivity contribution in [3.8, 4) is 11.5 Å². The zero-order valence-corrected chi connectivity index (χ0v) is 13.3.